The lowest BCUT2D eigenvalue weighted by molar-refractivity contribution is 0.0874. The third kappa shape index (κ3) is 2.51. The lowest BCUT2D eigenvalue weighted by Crippen LogP contribution is -2.44. The number of pyridine rings is 1. The molecule has 3 rings (SSSR count). The van der Waals surface area contributed by atoms with Crippen molar-refractivity contribution < 1.29 is 4.79 Å². The summed E-state index contributed by atoms with van der Waals surface area (Å²) >= 11 is 1.86. The Kier molecular flexibility index (Phi) is 3.53. The number of carbonyl (C=O) groups excluding carboxylic acids is 1. The highest BCUT2D eigenvalue weighted by Crippen LogP contribution is 2.20. The van der Waals surface area contributed by atoms with Gasteiger partial charge in [0.25, 0.3) is 0 Å². The van der Waals surface area contributed by atoms with Crippen molar-refractivity contribution >= 4 is 28.4 Å². The summed E-state index contributed by atoms with van der Waals surface area (Å²) in [5.74, 6) is 2.22. The number of aromatic nitrogens is 1. The van der Waals surface area contributed by atoms with Crippen molar-refractivity contribution in [1.29, 1.82) is 0 Å². The summed E-state index contributed by atoms with van der Waals surface area (Å²) in [5.41, 5.74) is 1.73. The number of likely N-dealkylation sites (N-methyl/N-ethyl adjacent to an activating group) is 1. The monoisotopic (exact) mass is 272 g/mol. The van der Waals surface area contributed by atoms with Gasteiger partial charge in [0.1, 0.15) is 0 Å². The molecule has 0 N–H and O–H groups in total. The number of ketones is 1. The quantitative estimate of drug-likeness (QED) is 0.786. The molecular formula is C15H16N2OS. The molecule has 1 atom stereocenters. The van der Waals surface area contributed by atoms with E-state index in [2.05, 4.69) is 9.88 Å². The number of rotatable bonds is 2. The van der Waals surface area contributed by atoms with Gasteiger partial charge in [-0.25, -0.2) is 0 Å². The number of thioether (sulfide) groups is 1. The van der Waals surface area contributed by atoms with Crippen LogP contribution < -0.4 is 0 Å². The SMILES string of the molecule is CN1CCSCC1C(=O)c1ccc2ncccc2c1. The molecule has 1 aliphatic heterocycles. The zero-order chi connectivity index (χ0) is 13.2. The standard InChI is InChI=1S/C15H16N2OS/c1-17-7-8-19-10-14(17)15(18)12-4-5-13-11(9-12)3-2-6-16-13/h2-6,9,14H,7-8,10H2,1H3. The zero-order valence-electron chi connectivity index (χ0n) is 10.9. The molecular weight excluding hydrogens is 256 g/mol. The first kappa shape index (κ1) is 12.6. The first-order valence-corrected chi connectivity index (χ1v) is 7.58. The average molecular weight is 272 g/mol. The second-order valence-corrected chi connectivity index (χ2v) is 6.00. The molecule has 98 valence electrons. The minimum Gasteiger partial charge on any atom is -0.295 e. The Hall–Kier alpha value is -1.39. The van der Waals surface area contributed by atoms with E-state index in [4.69, 9.17) is 0 Å². The smallest absolute Gasteiger partial charge is 0.180 e. The van der Waals surface area contributed by atoms with Gasteiger partial charge in [0, 0.05) is 35.2 Å². The van der Waals surface area contributed by atoms with E-state index in [9.17, 15) is 4.79 Å². The van der Waals surface area contributed by atoms with Crippen LogP contribution in [0, 0.1) is 0 Å². The van der Waals surface area contributed by atoms with Crippen LogP contribution in [0.3, 0.4) is 0 Å². The average Bonchev–Trinajstić information content (AvgIpc) is 2.46. The Morgan fingerprint density at radius 3 is 3.16 bits per heavy atom. The molecule has 0 amide bonds. The first-order valence-electron chi connectivity index (χ1n) is 6.43. The molecule has 1 aromatic carbocycles. The molecule has 1 unspecified atom stereocenters. The Bertz CT molecular complexity index is 614. The second kappa shape index (κ2) is 5.31. The van der Waals surface area contributed by atoms with Crippen molar-refractivity contribution in [2.45, 2.75) is 6.04 Å². The summed E-state index contributed by atoms with van der Waals surface area (Å²) in [4.78, 5) is 19.0. The highest BCUT2D eigenvalue weighted by molar-refractivity contribution is 7.99. The summed E-state index contributed by atoms with van der Waals surface area (Å²) in [6, 6.07) is 9.69. The van der Waals surface area contributed by atoms with Crippen molar-refractivity contribution in [2.75, 3.05) is 25.1 Å². The van der Waals surface area contributed by atoms with Crippen LogP contribution in [-0.2, 0) is 0 Å². The Morgan fingerprint density at radius 2 is 2.32 bits per heavy atom. The molecule has 0 bridgehead atoms. The highest BCUT2D eigenvalue weighted by atomic mass is 32.2. The van der Waals surface area contributed by atoms with Crippen molar-refractivity contribution in [3.8, 4) is 0 Å². The maximum absolute atomic E-state index is 12.6. The molecule has 2 heterocycles. The fourth-order valence-electron chi connectivity index (χ4n) is 2.38. The van der Waals surface area contributed by atoms with E-state index in [1.807, 2.05) is 49.1 Å². The van der Waals surface area contributed by atoms with E-state index in [1.165, 1.54) is 0 Å². The molecule has 0 saturated carbocycles. The van der Waals surface area contributed by atoms with E-state index in [1.54, 1.807) is 6.20 Å². The molecule has 2 aromatic rings. The van der Waals surface area contributed by atoms with E-state index >= 15 is 0 Å². The molecule has 0 spiro atoms. The Balaban J connectivity index is 1.92. The van der Waals surface area contributed by atoms with Crippen LogP contribution in [0.15, 0.2) is 36.5 Å². The van der Waals surface area contributed by atoms with Gasteiger partial charge in [0.05, 0.1) is 11.6 Å². The summed E-state index contributed by atoms with van der Waals surface area (Å²) in [5, 5.41) is 1.03. The third-order valence-electron chi connectivity index (χ3n) is 3.59. The fraction of sp³-hybridized carbons (Fsp3) is 0.333. The van der Waals surface area contributed by atoms with Crippen molar-refractivity contribution in [3.05, 3.63) is 42.1 Å². The van der Waals surface area contributed by atoms with Crippen molar-refractivity contribution in [1.82, 2.24) is 9.88 Å². The van der Waals surface area contributed by atoms with Gasteiger partial charge in [-0.3, -0.25) is 14.7 Å². The highest BCUT2D eigenvalue weighted by Gasteiger charge is 2.27. The minimum absolute atomic E-state index is 0.00729. The number of Topliss-reactive ketones (excluding diaryl/α,β-unsaturated/α-hetero) is 1. The summed E-state index contributed by atoms with van der Waals surface area (Å²) in [6.07, 6.45) is 1.77. The molecule has 1 fully saturated rings. The Labute approximate surface area is 117 Å². The van der Waals surface area contributed by atoms with E-state index in [-0.39, 0.29) is 11.8 Å². The van der Waals surface area contributed by atoms with Gasteiger partial charge in [-0.1, -0.05) is 6.07 Å². The second-order valence-electron chi connectivity index (χ2n) is 4.85. The fourth-order valence-corrected chi connectivity index (χ4v) is 3.60. The summed E-state index contributed by atoms with van der Waals surface area (Å²) in [7, 11) is 2.03. The number of benzene rings is 1. The molecule has 19 heavy (non-hydrogen) atoms. The minimum atomic E-state index is 0.00729. The molecule has 3 nitrogen and oxygen atoms in total. The van der Waals surface area contributed by atoms with Gasteiger partial charge in [0.15, 0.2) is 5.78 Å². The summed E-state index contributed by atoms with van der Waals surface area (Å²) in [6.45, 7) is 0.982. The number of carbonyl (C=O) groups is 1. The largest absolute Gasteiger partial charge is 0.295 e. The lowest BCUT2D eigenvalue weighted by Gasteiger charge is -2.30. The van der Waals surface area contributed by atoms with Crippen LogP contribution in [0.2, 0.25) is 0 Å². The van der Waals surface area contributed by atoms with Crippen LogP contribution >= 0.6 is 11.8 Å². The van der Waals surface area contributed by atoms with Crippen LogP contribution in [0.5, 0.6) is 0 Å². The third-order valence-corrected chi connectivity index (χ3v) is 4.61. The van der Waals surface area contributed by atoms with Gasteiger partial charge in [-0.05, 0) is 31.3 Å². The lowest BCUT2D eigenvalue weighted by atomic mass is 10.0. The summed E-state index contributed by atoms with van der Waals surface area (Å²) < 4.78 is 0. The molecule has 0 radical (unpaired) electrons. The van der Waals surface area contributed by atoms with Gasteiger partial charge in [0.2, 0.25) is 0 Å². The van der Waals surface area contributed by atoms with Gasteiger partial charge in [-0.2, -0.15) is 11.8 Å². The molecule has 1 aromatic heterocycles. The number of fused-ring (bicyclic) bond motifs is 1. The predicted octanol–water partition coefficient (Wildman–Crippen LogP) is 2.46. The number of hydrogen-bond donors (Lipinski definition) is 0. The van der Waals surface area contributed by atoms with Crippen LogP contribution in [0.25, 0.3) is 10.9 Å². The zero-order valence-corrected chi connectivity index (χ0v) is 11.7. The molecule has 4 heteroatoms. The topological polar surface area (TPSA) is 33.2 Å². The van der Waals surface area contributed by atoms with E-state index < -0.39 is 0 Å². The first-order chi connectivity index (χ1) is 9.25. The number of nitrogens with zero attached hydrogens (tertiary/aromatic N) is 2. The molecule has 1 saturated heterocycles. The van der Waals surface area contributed by atoms with Crippen molar-refractivity contribution in [3.63, 3.8) is 0 Å². The normalized spacial score (nSPS) is 20.6. The van der Waals surface area contributed by atoms with Gasteiger partial charge >= 0.3 is 0 Å². The van der Waals surface area contributed by atoms with Gasteiger partial charge in [-0.15, -0.1) is 0 Å². The maximum atomic E-state index is 12.6. The van der Waals surface area contributed by atoms with Crippen molar-refractivity contribution in [2.24, 2.45) is 0 Å². The van der Waals surface area contributed by atoms with Crippen LogP contribution in [0.4, 0.5) is 0 Å². The number of hydrogen-bond acceptors (Lipinski definition) is 4. The Morgan fingerprint density at radius 1 is 1.42 bits per heavy atom. The van der Waals surface area contributed by atoms with Crippen LogP contribution in [0.1, 0.15) is 10.4 Å². The molecule has 0 aliphatic carbocycles. The maximum Gasteiger partial charge on any atom is 0.180 e. The molecule has 1 aliphatic rings. The predicted molar refractivity (Wildman–Crippen MR) is 79.8 cm³/mol. The van der Waals surface area contributed by atoms with Gasteiger partial charge < -0.3 is 0 Å². The van der Waals surface area contributed by atoms with E-state index in [0.717, 1.165) is 34.5 Å². The van der Waals surface area contributed by atoms with Crippen LogP contribution in [-0.4, -0.2) is 46.8 Å². The van der Waals surface area contributed by atoms with E-state index in [0.29, 0.717) is 0 Å².